The number of quaternary nitrogens is 1. The van der Waals surface area contributed by atoms with Gasteiger partial charge in [0.25, 0.3) is 5.60 Å². The third-order valence-electron chi connectivity index (χ3n) is 8.48. The van der Waals surface area contributed by atoms with Crippen LogP contribution in [0.1, 0.15) is 64.7 Å². The smallest absolute Gasteiger partial charge is 0.350 e. The molecule has 2 aliphatic carbocycles. The standard InChI is InChI=1S/C25H38N2O7/c1-15(6-7-16-8-9-27-20(26)12-16)17(14-29)13-24-21(30)18-4-2-3-5-19(18)22(31)25(24,34-24)23(32)33-11-10-28/h16,18-20,27-29H,2-14,26H2,1H3/p+1. The topological polar surface area (TPSA) is 156 Å². The Bertz CT molecular complexity index is 858. The zero-order valence-electron chi connectivity index (χ0n) is 20.1. The van der Waals surface area contributed by atoms with Gasteiger partial charge in [0.05, 0.1) is 19.8 Å². The van der Waals surface area contributed by atoms with Gasteiger partial charge in [-0.3, -0.25) is 15.3 Å². The van der Waals surface area contributed by atoms with Gasteiger partial charge < -0.3 is 25.0 Å². The van der Waals surface area contributed by atoms with Crippen molar-refractivity contribution >= 4 is 17.5 Å². The Kier molecular flexibility index (Phi) is 7.59. The van der Waals surface area contributed by atoms with Crippen LogP contribution in [-0.4, -0.2) is 71.5 Å². The first kappa shape index (κ1) is 25.4. The van der Waals surface area contributed by atoms with Crippen molar-refractivity contribution in [1.82, 2.24) is 0 Å². The predicted octanol–water partition coefficient (Wildman–Crippen LogP) is -0.275. The van der Waals surface area contributed by atoms with Crippen molar-refractivity contribution in [3.05, 3.63) is 11.1 Å². The summed E-state index contributed by atoms with van der Waals surface area (Å²) in [6, 6.07) is 0. The van der Waals surface area contributed by atoms with Crippen LogP contribution in [0.15, 0.2) is 11.1 Å². The number of carbonyl (C=O) groups excluding carboxylic acids is 3. The van der Waals surface area contributed by atoms with E-state index in [4.69, 9.17) is 20.3 Å². The van der Waals surface area contributed by atoms with Crippen molar-refractivity contribution in [2.24, 2.45) is 23.5 Å². The number of ether oxygens (including phenoxy) is 2. The van der Waals surface area contributed by atoms with Crippen LogP contribution < -0.4 is 11.1 Å². The lowest BCUT2D eigenvalue weighted by atomic mass is 9.60. The largest absolute Gasteiger partial charge is 0.461 e. The molecule has 0 spiro atoms. The minimum absolute atomic E-state index is 0.00924. The molecule has 6 N–H and O–H groups in total. The van der Waals surface area contributed by atoms with Crippen LogP contribution in [-0.2, 0) is 23.9 Å². The van der Waals surface area contributed by atoms with E-state index in [2.05, 4.69) is 5.32 Å². The number of aliphatic hydroxyl groups excluding tert-OH is 2. The highest BCUT2D eigenvalue weighted by Gasteiger charge is 2.87. The number of piperidine rings is 1. The molecule has 0 aromatic carbocycles. The predicted molar refractivity (Wildman–Crippen MR) is 121 cm³/mol. The monoisotopic (exact) mass is 479 g/mol. The number of esters is 1. The summed E-state index contributed by atoms with van der Waals surface area (Å²) < 4.78 is 11.0. The second-order valence-corrected chi connectivity index (χ2v) is 10.5. The normalized spacial score (nSPS) is 38.0. The fourth-order valence-electron chi connectivity index (χ4n) is 6.47. The van der Waals surface area contributed by atoms with Gasteiger partial charge in [0, 0.05) is 24.7 Å². The van der Waals surface area contributed by atoms with E-state index in [0.717, 1.165) is 50.6 Å². The summed E-state index contributed by atoms with van der Waals surface area (Å²) in [6.45, 7) is 2.02. The maximum atomic E-state index is 13.7. The molecule has 0 amide bonds. The Hall–Kier alpha value is -1.65. The van der Waals surface area contributed by atoms with Gasteiger partial charge in [-0.25, -0.2) is 4.79 Å². The van der Waals surface area contributed by atoms with Crippen molar-refractivity contribution in [2.45, 2.75) is 82.1 Å². The summed E-state index contributed by atoms with van der Waals surface area (Å²) in [5, 5.41) is 21.5. The Morgan fingerprint density at radius 2 is 1.88 bits per heavy atom. The van der Waals surface area contributed by atoms with E-state index >= 15 is 0 Å². The summed E-state index contributed by atoms with van der Waals surface area (Å²) in [7, 11) is 0. The average molecular weight is 480 g/mol. The third kappa shape index (κ3) is 4.26. The molecule has 4 rings (SSSR count). The molecule has 2 saturated carbocycles. The lowest BCUT2D eigenvalue weighted by Crippen LogP contribution is -2.94. The number of Topliss-reactive ketones (excluding diaryl/α,β-unsaturated/α-hetero) is 2. The molecule has 0 aromatic heterocycles. The Labute approximate surface area is 200 Å². The number of allylic oxidation sites excluding steroid dienone is 1. The van der Waals surface area contributed by atoms with Gasteiger partial charge >= 0.3 is 5.97 Å². The Balaban J connectivity index is 1.58. The highest BCUT2D eigenvalue weighted by Crippen LogP contribution is 2.62. The number of aliphatic hydroxyl groups is 2. The number of nitrogens with two attached hydrogens (primary N) is 2. The van der Waals surface area contributed by atoms with Gasteiger partial charge in [-0.15, -0.1) is 0 Å². The maximum absolute atomic E-state index is 13.7. The Morgan fingerprint density at radius 1 is 1.18 bits per heavy atom. The Morgan fingerprint density at radius 3 is 2.53 bits per heavy atom. The molecular formula is C25H39N2O7+. The van der Waals surface area contributed by atoms with Gasteiger partial charge in [-0.05, 0) is 50.5 Å². The van der Waals surface area contributed by atoms with Gasteiger partial charge in [0.2, 0.25) is 0 Å². The van der Waals surface area contributed by atoms with E-state index in [1.807, 2.05) is 6.92 Å². The van der Waals surface area contributed by atoms with Crippen molar-refractivity contribution in [2.75, 3.05) is 26.4 Å². The lowest BCUT2D eigenvalue weighted by molar-refractivity contribution is -0.699. The molecule has 0 aromatic rings. The molecule has 4 fully saturated rings. The van der Waals surface area contributed by atoms with Crippen LogP contribution in [0.5, 0.6) is 0 Å². The number of fused-ring (bicyclic) bond motifs is 2. The molecule has 190 valence electrons. The van der Waals surface area contributed by atoms with E-state index in [9.17, 15) is 19.5 Å². The minimum Gasteiger partial charge on any atom is -0.461 e. The molecule has 2 heterocycles. The number of carbonyl (C=O) groups is 3. The number of hydrogen-bond acceptors (Lipinski definition) is 8. The third-order valence-corrected chi connectivity index (χ3v) is 8.48. The second-order valence-electron chi connectivity index (χ2n) is 10.5. The molecule has 9 heteroatoms. The minimum atomic E-state index is -1.95. The summed E-state index contributed by atoms with van der Waals surface area (Å²) in [5.41, 5.74) is 4.10. The molecule has 0 bridgehead atoms. The zero-order valence-corrected chi connectivity index (χ0v) is 20.1. The molecular weight excluding hydrogens is 440 g/mol. The first-order chi connectivity index (χ1) is 16.3. The number of rotatable bonds is 9. The number of hydrogen-bond donors (Lipinski definition) is 4. The van der Waals surface area contributed by atoms with E-state index in [1.165, 1.54) is 0 Å². The first-order valence-electron chi connectivity index (χ1n) is 12.7. The average Bonchev–Trinajstić information content (AvgIpc) is 3.54. The van der Waals surface area contributed by atoms with Crippen LogP contribution in [0.25, 0.3) is 0 Å². The fraction of sp³-hybridized carbons (Fsp3) is 0.800. The van der Waals surface area contributed by atoms with Crippen molar-refractivity contribution < 1.29 is 39.4 Å². The van der Waals surface area contributed by atoms with Crippen LogP contribution in [0.4, 0.5) is 0 Å². The van der Waals surface area contributed by atoms with Crippen LogP contribution in [0.2, 0.25) is 0 Å². The lowest BCUT2D eigenvalue weighted by Gasteiger charge is -2.37. The van der Waals surface area contributed by atoms with Crippen LogP contribution >= 0.6 is 0 Å². The molecule has 34 heavy (non-hydrogen) atoms. The molecule has 4 aliphatic rings. The maximum Gasteiger partial charge on any atom is 0.350 e. The van der Waals surface area contributed by atoms with E-state index in [1.54, 1.807) is 0 Å². The van der Waals surface area contributed by atoms with Crippen LogP contribution in [0.3, 0.4) is 0 Å². The van der Waals surface area contributed by atoms with E-state index < -0.39 is 29.0 Å². The zero-order chi connectivity index (χ0) is 24.5. The van der Waals surface area contributed by atoms with Gasteiger partial charge in [0.1, 0.15) is 12.8 Å². The summed E-state index contributed by atoms with van der Waals surface area (Å²) in [4.78, 5) is 40.3. The first-order valence-corrected chi connectivity index (χ1v) is 12.7. The summed E-state index contributed by atoms with van der Waals surface area (Å²) in [6.07, 6.45) is 6.73. The molecule has 6 atom stereocenters. The number of ketones is 2. The van der Waals surface area contributed by atoms with Crippen molar-refractivity contribution in [1.29, 1.82) is 0 Å². The van der Waals surface area contributed by atoms with Gasteiger partial charge in [-0.1, -0.05) is 18.4 Å². The highest BCUT2D eigenvalue weighted by atomic mass is 16.7. The van der Waals surface area contributed by atoms with Gasteiger partial charge in [-0.2, -0.15) is 0 Å². The molecule has 9 nitrogen and oxygen atoms in total. The molecule has 0 radical (unpaired) electrons. The number of epoxide rings is 1. The van der Waals surface area contributed by atoms with Crippen LogP contribution in [0, 0.1) is 17.8 Å². The van der Waals surface area contributed by atoms with E-state index in [-0.39, 0.29) is 44.0 Å². The second kappa shape index (κ2) is 10.1. The van der Waals surface area contributed by atoms with Crippen molar-refractivity contribution in [3.8, 4) is 0 Å². The van der Waals surface area contributed by atoms with E-state index in [0.29, 0.717) is 24.3 Å². The molecule has 2 aliphatic heterocycles. The molecule has 2 saturated heterocycles. The molecule has 6 unspecified atom stereocenters. The fourth-order valence-corrected chi connectivity index (χ4v) is 6.47. The summed E-state index contributed by atoms with van der Waals surface area (Å²) in [5.74, 6) is -1.96. The van der Waals surface area contributed by atoms with Gasteiger partial charge in [0.15, 0.2) is 17.2 Å². The summed E-state index contributed by atoms with van der Waals surface area (Å²) >= 11 is 0. The van der Waals surface area contributed by atoms with Crippen molar-refractivity contribution in [3.63, 3.8) is 0 Å². The quantitative estimate of drug-likeness (QED) is 0.152. The highest BCUT2D eigenvalue weighted by molar-refractivity contribution is 6.23. The SMILES string of the molecule is CC(CCC1CC[NH2+]C(N)C1)=C(CO)CC12OC1(C(=O)OCCO)C(=O)C1CCCCC1C2=O.